The van der Waals surface area contributed by atoms with Crippen LogP contribution in [0.3, 0.4) is 0 Å². The van der Waals surface area contributed by atoms with Gasteiger partial charge in [0.2, 0.25) is 0 Å². The molecule has 5 heteroatoms. The van der Waals surface area contributed by atoms with Crippen molar-refractivity contribution in [2.45, 2.75) is 38.0 Å². The fourth-order valence-corrected chi connectivity index (χ4v) is 3.09. The van der Waals surface area contributed by atoms with Crippen LogP contribution in [0.1, 0.15) is 28.8 Å². The molecule has 1 amide bonds. The van der Waals surface area contributed by atoms with Crippen LogP contribution in [0.25, 0.3) is 0 Å². The van der Waals surface area contributed by atoms with Crippen molar-refractivity contribution < 1.29 is 13.9 Å². The quantitative estimate of drug-likeness (QED) is 0.858. The first-order valence-electron chi connectivity index (χ1n) is 7.02. The molecule has 3 rings (SSSR count). The summed E-state index contributed by atoms with van der Waals surface area (Å²) in [6, 6.07) is 4.24. The summed E-state index contributed by atoms with van der Waals surface area (Å²) in [5.41, 5.74) is 6.93. The number of halogens is 1. The van der Waals surface area contributed by atoms with E-state index >= 15 is 0 Å². The highest BCUT2D eigenvalue weighted by atomic mass is 19.1. The number of nitrogens with one attached hydrogen (secondary N) is 1. The number of benzene rings is 1. The van der Waals surface area contributed by atoms with Crippen LogP contribution in [0.4, 0.5) is 4.39 Å². The van der Waals surface area contributed by atoms with E-state index in [1.807, 2.05) is 0 Å². The maximum Gasteiger partial charge on any atom is 0.251 e. The minimum absolute atomic E-state index is 0.0120. The van der Waals surface area contributed by atoms with Crippen molar-refractivity contribution in [1.29, 1.82) is 0 Å². The lowest BCUT2D eigenvalue weighted by molar-refractivity contribution is -0.117. The van der Waals surface area contributed by atoms with Crippen LogP contribution < -0.4 is 11.1 Å². The number of fused-ring (bicyclic) bond motifs is 1. The third-order valence-corrected chi connectivity index (χ3v) is 4.41. The fourth-order valence-electron chi connectivity index (χ4n) is 3.09. The van der Waals surface area contributed by atoms with Crippen molar-refractivity contribution >= 4 is 5.91 Å². The molecule has 0 bridgehead atoms. The summed E-state index contributed by atoms with van der Waals surface area (Å²) in [6.07, 6.45) is 2.09. The summed E-state index contributed by atoms with van der Waals surface area (Å²) >= 11 is 0. The van der Waals surface area contributed by atoms with Crippen LogP contribution in [-0.4, -0.2) is 30.7 Å². The van der Waals surface area contributed by atoms with Gasteiger partial charge in [0.15, 0.2) is 0 Å². The summed E-state index contributed by atoms with van der Waals surface area (Å²) in [6.45, 7) is 2.39. The van der Waals surface area contributed by atoms with E-state index in [4.69, 9.17) is 10.5 Å². The zero-order valence-electron chi connectivity index (χ0n) is 11.4. The van der Waals surface area contributed by atoms with Gasteiger partial charge in [0.1, 0.15) is 5.82 Å². The van der Waals surface area contributed by atoms with E-state index in [0.717, 1.165) is 19.4 Å². The SMILES string of the molecule is Cc1ccc(C(=O)NC2C(N)C3CCCOC32)cc1F. The van der Waals surface area contributed by atoms with E-state index in [2.05, 4.69) is 5.32 Å². The first kappa shape index (κ1) is 13.5. The molecule has 1 saturated carbocycles. The average Bonchev–Trinajstić information content (AvgIpc) is 2.47. The maximum atomic E-state index is 13.5. The third kappa shape index (κ3) is 2.21. The predicted octanol–water partition coefficient (Wildman–Crippen LogP) is 1.37. The minimum atomic E-state index is -0.373. The Balaban J connectivity index is 1.68. The first-order valence-corrected chi connectivity index (χ1v) is 7.02. The normalized spacial score (nSPS) is 32.1. The van der Waals surface area contributed by atoms with Crippen molar-refractivity contribution in [3.63, 3.8) is 0 Å². The Hall–Kier alpha value is -1.46. The molecule has 1 aromatic carbocycles. The molecule has 1 aromatic rings. The first-order chi connectivity index (χ1) is 9.58. The lowest BCUT2D eigenvalue weighted by Crippen LogP contribution is -2.72. The van der Waals surface area contributed by atoms with Crippen LogP contribution >= 0.6 is 0 Å². The van der Waals surface area contributed by atoms with Gasteiger partial charge in [0, 0.05) is 24.1 Å². The van der Waals surface area contributed by atoms with Gasteiger partial charge in [-0.05, 0) is 37.5 Å². The number of hydrogen-bond donors (Lipinski definition) is 2. The second-order valence-electron chi connectivity index (χ2n) is 5.68. The minimum Gasteiger partial charge on any atom is -0.376 e. The number of amides is 1. The molecular formula is C15H19FN2O2. The molecule has 2 aliphatic rings. The number of carbonyl (C=O) groups is 1. The summed E-state index contributed by atoms with van der Waals surface area (Å²) in [7, 11) is 0. The van der Waals surface area contributed by atoms with Gasteiger partial charge in [-0.1, -0.05) is 6.07 Å². The van der Waals surface area contributed by atoms with Crippen LogP contribution in [-0.2, 0) is 4.74 Å². The highest BCUT2D eigenvalue weighted by molar-refractivity contribution is 5.94. The molecule has 1 heterocycles. The molecule has 4 nitrogen and oxygen atoms in total. The van der Waals surface area contributed by atoms with Gasteiger partial charge in [0.05, 0.1) is 12.1 Å². The van der Waals surface area contributed by atoms with Crippen molar-refractivity contribution in [2.75, 3.05) is 6.61 Å². The number of rotatable bonds is 2. The molecule has 1 aliphatic heterocycles. The van der Waals surface area contributed by atoms with Gasteiger partial charge in [0.25, 0.3) is 5.91 Å². The molecule has 1 saturated heterocycles. The zero-order valence-corrected chi connectivity index (χ0v) is 11.4. The van der Waals surface area contributed by atoms with Gasteiger partial charge < -0.3 is 15.8 Å². The van der Waals surface area contributed by atoms with Gasteiger partial charge in [-0.3, -0.25) is 4.79 Å². The van der Waals surface area contributed by atoms with Crippen molar-refractivity contribution in [1.82, 2.24) is 5.32 Å². The van der Waals surface area contributed by atoms with E-state index in [1.54, 1.807) is 19.1 Å². The number of nitrogens with two attached hydrogens (primary N) is 1. The Kier molecular flexibility index (Phi) is 3.48. The molecule has 2 fully saturated rings. The number of carbonyl (C=O) groups excluding carboxylic acids is 1. The molecule has 4 unspecified atom stereocenters. The van der Waals surface area contributed by atoms with E-state index < -0.39 is 0 Å². The highest BCUT2D eigenvalue weighted by Gasteiger charge is 2.51. The molecule has 3 N–H and O–H groups in total. The van der Waals surface area contributed by atoms with E-state index in [0.29, 0.717) is 17.0 Å². The zero-order chi connectivity index (χ0) is 14.3. The van der Waals surface area contributed by atoms with Gasteiger partial charge in [-0.15, -0.1) is 0 Å². The van der Waals surface area contributed by atoms with E-state index in [9.17, 15) is 9.18 Å². The second kappa shape index (κ2) is 5.14. The summed E-state index contributed by atoms with van der Waals surface area (Å²) in [5, 5.41) is 2.87. The number of ether oxygens (including phenoxy) is 1. The molecular weight excluding hydrogens is 259 g/mol. The highest BCUT2D eigenvalue weighted by Crippen LogP contribution is 2.37. The van der Waals surface area contributed by atoms with Crippen LogP contribution in [0, 0.1) is 18.7 Å². The molecule has 4 atom stereocenters. The Morgan fingerprint density at radius 1 is 1.50 bits per heavy atom. The Morgan fingerprint density at radius 2 is 2.30 bits per heavy atom. The summed E-state index contributed by atoms with van der Waals surface area (Å²) in [5.74, 6) is -0.330. The topological polar surface area (TPSA) is 64.4 Å². The average molecular weight is 278 g/mol. The van der Waals surface area contributed by atoms with Crippen molar-refractivity contribution in [3.8, 4) is 0 Å². The number of hydrogen-bond acceptors (Lipinski definition) is 3. The second-order valence-corrected chi connectivity index (χ2v) is 5.68. The molecule has 20 heavy (non-hydrogen) atoms. The van der Waals surface area contributed by atoms with Crippen molar-refractivity contribution in [2.24, 2.45) is 11.7 Å². The van der Waals surface area contributed by atoms with E-state index in [-0.39, 0.29) is 29.9 Å². The largest absolute Gasteiger partial charge is 0.376 e. The number of aryl methyl sites for hydroxylation is 1. The molecule has 0 radical (unpaired) electrons. The molecule has 0 spiro atoms. The monoisotopic (exact) mass is 278 g/mol. The lowest BCUT2D eigenvalue weighted by atomic mass is 9.68. The van der Waals surface area contributed by atoms with Gasteiger partial charge in [-0.2, -0.15) is 0 Å². The van der Waals surface area contributed by atoms with Crippen molar-refractivity contribution in [3.05, 3.63) is 35.1 Å². The Bertz CT molecular complexity index is 535. The third-order valence-electron chi connectivity index (χ3n) is 4.41. The van der Waals surface area contributed by atoms with Gasteiger partial charge >= 0.3 is 0 Å². The molecule has 0 aromatic heterocycles. The smallest absolute Gasteiger partial charge is 0.251 e. The summed E-state index contributed by atoms with van der Waals surface area (Å²) < 4.78 is 19.2. The fraction of sp³-hybridized carbons (Fsp3) is 0.533. The van der Waals surface area contributed by atoms with Gasteiger partial charge in [-0.25, -0.2) is 4.39 Å². The lowest BCUT2D eigenvalue weighted by Gasteiger charge is -2.52. The van der Waals surface area contributed by atoms with Crippen LogP contribution in [0.15, 0.2) is 18.2 Å². The molecule has 1 aliphatic carbocycles. The van der Waals surface area contributed by atoms with Crippen LogP contribution in [0.2, 0.25) is 0 Å². The van der Waals surface area contributed by atoms with E-state index in [1.165, 1.54) is 6.07 Å². The standard InChI is InChI=1S/C15H19FN2O2/c1-8-4-5-9(7-11(8)16)15(19)18-13-12(17)10-3-2-6-20-14(10)13/h4-5,7,10,12-14H,2-3,6,17H2,1H3,(H,18,19). The Morgan fingerprint density at radius 3 is 3.05 bits per heavy atom. The van der Waals surface area contributed by atoms with Crippen LogP contribution in [0.5, 0.6) is 0 Å². The summed E-state index contributed by atoms with van der Waals surface area (Å²) in [4.78, 5) is 12.1. The maximum absolute atomic E-state index is 13.5. The predicted molar refractivity (Wildman–Crippen MR) is 72.8 cm³/mol. The molecule has 108 valence electrons. The Labute approximate surface area is 117 Å².